The zero-order valence-corrected chi connectivity index (χ0v) is 8.99. The number of anilines is 1. The molecule has 0 heterocycles. The minimum atomic E-state index is -3.88. The average molecular weight is 239 g/mol. The van der Waals surface area contributed by atoms with Gasteiger partial charge in [-0.25, -0.2) is 8.42 Å². The number of carbonyl (C=O) groups is 1. The van der Waals surface area contributed by atoms with E-state index in [0.29, 0.717) is 5.56 Å². The van der Waals surface area contributed by atoms with Gasteiger partial charge in [0, 0.05) is 11.3 Å². The number of hydrogen-bond acceptors (Lipinski definition) is 3. The minimum Gasteiger partial charge on any atom is -0.480 e. The molecule has 0 aliphatic heterocycles. The molecule has 16 heavy (non-hydrogen) atoms. The maximum atomic E-state index is 11.3. The summed E-state index contributed by atoms with van der Waals surface area (Å²) in [4.78, 5) is 10.3. The monoisotopic (exact) mass is 239 g/mol. The smallest absolute Gasteiger partial charge is 0.320 e. The fourth-order valence-electron chi connectivity index (χ4n) is 1.05. The van der Waals surface area contributed by atoms with Crippen LogP contribution in [0.5, 0.6) is 0 Å². The van der Waals surface area contributed by atoms with E-state index in [1.165, 1.54) is 12.1 Å². The van der Waals surface area contributed by atoms with Crippen LogP contribution in [-0.4, -0.2) is 25.2 Å². The first-order valence-corrected chi connectivity index (χ1v) is 5.87. The second kappa shape index (κ2) is 4.68. The lowest BCUT2D eigenvalue weighted by atomic mass is 10.2. The summed E-state index contributed by atoms with van der Waals surface area (Å²) in [5.74, 6) is -0.0522. The van der Waals surface area contributed by atoms with Crippen molar-refractivity contribution in [2.75, 3.05) is 10.5 Å². The van der Waals surface area contributed by atoms with Gasteiger partial charge in [0.2, 0.25) is 10.0 Å². The number of benzene rings is 1. The van der Waals surface area contributed by atoms with Crippen molar-refractivity contribution in [1.29, 1.82) is 0 Å². The first kappa shape index (κ1) is 12.1. The van der Waals surface area contributed by atoms with E-state index in [1.807, 2.05) is 0 Å². The number of terminal acetylenes is 1. The lowest BCUT2D eigenvalue weighted by molar-refractivity contribution is -0.134. The van der Waals surface area contributed by atoms with Crippen molar-refractivity contribution in [3.05, 3.63) is 29.8 Å². The van der Waals surface area contributed by atoms with Crippen LogP contribution in [0.2, 0.25) is 0 Å². The van der Waals surface area contributed by atoms with E-state index in [9.17, 15) is 13.2 Å². The fourth-order valence-corrected chi connectivity index (χ4v) is 1.93. The van der Waals surface area contributed by atoms with E-state index in [4.69, 9.17) is 11.5 Å². The summed E-state index contributed by atoms with van der Waals surface area (Å²) >= 11 is 0. The lowest BCUT2D eigenvalue weighted by Gasteiger charge is -2.05. The number of nitrogens with one attached hydrogen (secondary N) is 1. The maximum absolute atomic E-state index is 11.3. The van der Waals surface area contributed by atoms with Crippen LogP contribution in [0.4, 0.5) is 5.69 Å². The van der Waals surface area contributed by atoms with Crippen molar-refractivity contribution >= 4 is 21.7 Å². The highest BCUT2D eigenvalue weighted by Gasteiger charge is 2.15. The van der Waals surface area contributed by atoms with E-state index in [1.54, 1.807) is 12.1 Å². The van der Waals surface area contributed by atoms with Crippen LogP contribution < -0.4 is 4.72 Å². The second-order valence-corrected chi connectivity index (χ2v) is 4.70. The van der Waals surface area contributed by atoms with E-state index in [2.05, 4.69) is 10.6 Å². The Morgan fingerprint density at radius 1 is 1.50 bits per heavy atom. The highest BCUT2D eigenvalue weighted by atomic mass is 32.2. The largest absolute Gasteiger partial charge is 0.480 e. The number of sulfonamides is 1. The quantitative estimate of drug-likeness (QED) is 0.749. The predicted octanol–water partition coefficient (Wildman–Crippen LogP) is 0.494. The molecule has 6 heteroatoms. The summed E-state index contributed by atoms with van der Waals surface area (Å²) in [6, 6.07) is 6.14. The molecule has 0 aliphatic carbocycles. The summed E-state index contributed by atoms with van der Waals surface area (Å²) in [7, 11) is -3.88. The SMILES string of the molecule is C#Cc1cccc(NS(=O)(=O)CC(=O)O)c1. The van der Waals surface area contributed by atoms with Crippen molar-refractivity contribution in [2.45, 2.75) is 0 Å². The van der Waals surface area contributed by atoms with Crippen molar-refractivity contribution in [2.24, 2.45) is 0 Å². The van der Waals surface area contributed by atoms with Crippen molar-refractivity contribution in [3.8, 4) is 12.3 Å². The molecule has 0 fully saturated rings. The third-order valence-electron chi connectivity index (χ3n) is 1.62. The number of hydrogen-bond donors (Lipinski definition) is 2. The lowest BCUT2D eigenvalue weighted by Crippen LogP contribution is -2.22. The second-order valence-electron chi connectivity index (χ2n) is 2.98. The molecule has 5 nitrogen and oxygen atoms in total. The van der Waals surface area contributed by atoms with E-state index < -0.39 is 21.7 Å². The summed E-state index contributed by atoms with van der Waals surface area (Å²) < 4.78 is 24.7. The topological polar surface area (TPSA) is 83.5 Å². The molecule has 1 rings (SSSR count). The van der Waals surface area contributed by atoms with Gasteiger partial charge in [0.25, 0.3) is 0 Å². The first-order valence-electron chi connectivity index (χ1n) is 4.22. The number of rotatable bonds is 4. The van der Waals surface area contributed by atoms with Crippen LogP contribution in [-0.2, 0) is 14.8 Å². The molecule has 0 unspecified atom stereocenters. The van der Waals surface area contributed by atoms with Crippen molar-refractivity contribution in [1.82, 2.24) is 0 Å². The Morgan fingerprint density at radius 2 is 2.19 bits per heavy atom. The Balaban J connectivity index is 2.89. The first-order chi connectivity index (χ1) is 7.43. The molecule has 0 spiro atoms. The van der Waals surface area contributed by atoms with Gasteiger partial charge in [-0.1, -0.05) is 12.0 Å². The molecule has 1 aromatic carbocycles. The van der Waals surface area contributed by atoms with Crippen LogP contribution in [0.1, 0.15) is 5.56 Å². The summed E-state index contributed by atoms with van der Waals surface area (Å²) in [6.07, 6.45) is 5.14. The van der Waals surface area contributed by atoms with Crippen molar-refractivity contribution < 1.29 is 18.3 Å². The van der Waals surface area contributed by atoms with Gasteiger partial charge in [0.1, 0.15) is 0 Å². The van der Waals surface area contributed by atoms with Crippen LogP contribution in [0.25, 0.3) is 0 Å². The van der Waals surface area contributed by atoms with E-state index in [-0.39, 0.29) is 5.69 Å². The Kier molecular flexibility index (Phi) is 3.53. The Morgan fingerprint density at radius 3 is 2.75 bits per heavy atom. The van der Waals surface area contributed by atoms with Crippen LogP contribution in [0, 0.1) is 12.3 Å². The molecule has 0 amide bonds. The highest BCUT2D eigenvalue weighted by molar-refractivity contribution is 7.93. The van der Waals surface area contributed by atoms with E-state index in [0.717, 1.165) is 0 Å². The number of carboxylic acid groups (broad SMARTS) is 1. The molecule has 0 radical (unpaired) electrons. The Hall–Kier alpha value is -2.00. The molecule has 0 aliphatic rings. The Bertz CT molecular complexity index is 542. The third kappa shape index (κ3) is 3.63. The molecule has 84 valence electrons. The number of carboxylic acids is 1. The van der Waals surface area contributed by atoms with Gasteiger partial charge in [-0.3, -0.25) is 9.52 Å². The maximum Gasteiger partial charge on any atom is 0.320 e. The molecular formula is C10H9NO4S. The summed E-state index contributed by atoms with van der Waals surface area (Å²) in [6.45, 7) is 0. The molecule has 0 bridgehead atoms. The molecule has 0 aromatic heterocycles. The molecule has 2 N–H and O–H groups in total. The minimum absolute atomic E-state index is 0.247. The van der Waals surface area contributed by atoms with Gasteiger partial charge in [0.15, 0.2) is 5.75 Å². The zero-order valence-electron chi connectivity index (χ0n) is 8.17. The molecule has 0 saturated carbocycles. The summed E-state index contributed by atoms with van der Waals surface area (Å²) in [5.41, 5.74) is 0.757. The van der Waals surface area contributed by atoms with Gasteiger partial charge in [-0.2, -0.15) is 0 Å². The van der Waals surface area contributed by atoms with E-state index >= 15 is 0 Å². The van der Waals surface area contributed by atoms with Gasteiger partial charge >= 0.3 is 5.97 Å². The number of aliphatic carboxylic acids is 1. The van der Waals surface area contributed by atoms with Crippen LogP contribution in [0.3, 0.4) is 0 Å². The average Bonchev–Trinajstić information content (AvgIpc) is 2.15. The van der Waals surface area contributed by atoms with Gasteiger partial charge < -0.3 is 5.11 Å². The van der Waals surface area contributed by atoms with Gasteiger partial charge in [0.05, 0.1) is 0 Å². The predicted molar refractivity (Wildman–Crippen MR) is 59.4 cm³/mol. The molecule has 1 aromatic rings. The van der Waals surface area contributed by atoms with Gasteiger partial charge in [-0.15, -0.1) is 6.42 Å². The molecule has 0 atom stereocenters. The Labute approximate surface area is 93.2 Å². The van der Waals surface area contributed by atoms with Crippen molar-refractivity contribution in [3.63, 3.8) is 0 Å². The van der Waals surface area contributed by atoms with Crippen LogP contribution >= 0.6 is 0 Å². The zero-order chi connectivity index (χ0) is 12.2. The van der Waals surface area contributed by atoms with Gasteiger partial charge in [-0.05, 0) is 18.2 Å². The summed E-state index contributed by atoms with van der Waals surface area (Å²) in [5, 5.41) is 8.38. The normalized spacial score (nSPS) is 10.4. The van der Waals surface area contributed by atoms with Crippen LogP contribution in [0.15, 0.2) is 24.3 Å². The fraction of sp³-hybridized carbons (Fsp3) is 0.100. The third-order valence-corrected chi connectivity index (χ3v) is 2.79. The molecular weight excluding hydrogens is 230 g/mol. The molecule has 0 saturated heterocycles. The highest BCUT2D eigenvalue weighted by Crippen LogP contribution is 2.11. The standard InChI is InChI=1S/C10H9NO4S/c1-2-8-4-3-5-9(6-8)11-16(14,15)7-10(12)13/h1,3-6,11H,7H2,(H,12,13).